The highest BCUT2D eigenvalue weighted by atomic mass is 79.9. The molecule has 116 valence electrons. The van der Waals surface area contributed by atoms with Gasteiger partial charge < -0.3 is 5.32 Å². The minimum absolute atomic E-state index is 0.0253. The van der Waals surface area contributed by atoms with Crippen LogP contribution in [0.2, 0.25) is 0 Å². The van der Waals surface area contributed by atoms with Crippen LogP contribution < -0.4 is 5.32 Å². The number of hydrogen-bond acceptors (Lipinski definition) is 2. The first kappa shape index (κ1) is 17.5. The number of aryl methyl sites for hydroxylation is 1. The van der Waals surface area contributed by atoms with Gasteiger partial charge in [-0.2, -0.15) is 18.3 Å². The van der Waals surface area contributed by atoms with Crippen molar-refractivity contribution in [3.8, 4) is 0 Å². The highest BCUT2D eigenvalue weighted by molar-refractivity contribution is 9.10. The minimum Gasteiger partial charge on any atom is -0.309 e. The van der Waals surface area contributed by atoms with Crippen LogP contribution in [0.1, 0.15) is 51.3 Å². The number of nitrogens with one attached hydrogen (secondary N) is 1. The number of aromatic nitrogens is 2. The summed E-state index contributed by atoms with van der Waals surface area (Å²) in [7, 11) is 0. The van der Waals surface area contributed by atoms with Crippen molar-refractivity contribution < 1.29 is 13.2 Å². The number of alkyl halides is 3. The molecule has 0 saturated carbocycles. The average molecular weight is 356 g/mol. The highest BCUT2D eigenvalue weighted by Gasteiger charge is 2.30. The predicted octanol–water partition coefficient (Wildman–Crippen LogP) is 4.44. The Labute approximate surface area is 126 Å². The van der Waals surface area contributed by atoms with E-state index < -0.39 is 12.6 Å². The van der Waals surface area contributed by atoms with E-state index in [-0.39, 0.29) is 12.5 Å². The number of hydrogen-bond donors (Lipinski definition) is 1. The summed E-state index contributed by atoms with van der Waals surface area (Å²) in [5.41, 5.74) is 0.810. The van der Waals surface area contributed by atoms with Gasteiger partial charge in [0.25, 0.3) is 0 Å². The first-order chi connectivity index (χ1) is 9.39. The molecule has 0 amide bonds. The molecule has 0 saturated heterocycles. The molecule has 0 spiro atoms. The molecule has 3 nitrogen and oxygen atoms in total. The number of halogens is 4. The van der Waals surface area contributed by atoms with Crippen LogP contribution >= 0.6 is 15.9 Å². The monoisotopic (exact) mass is 355 g/mol. The van der Waals surface area contributed by atoms with Gasteiger partial charge >= 0.3 is 6.18 Å². The van der Waals surface area contributed by atoms with Crippen molar-refractivity contribution in [3.05, 3.63) is 16.4 Å². The zero-order valence-electron chi connectivity index (χ0n) is 11.8. The molecule has 0 aliphatic rings. The summed E-state index contributed by atoms with van der Waals surface area (Å²) in [6, 6.07) is -0.333. The van der Waals surface area contributed by atoms with Crippen molar-refractivity contribution in [1.29, 1.82) is 0 Å². The van der Waals surface area contributed by atoms with Crippen LogP contribution in [0, 0.1) is 0 Å². The second-order valence-electron chi connectivity index (χ2n) is 4.76. The van der Waals surface area contributed by atoms with Gasteiger partial charge in [-0.3, -0.25) is 4.68 Å². The van der Waals surface area contributed by atoms with E-state index in [9.17, 15) is 13.2 Å². The molecule has 0 aliphatic heterocycles. The molecule has 0 aromatic carbocycles. The third kappa shape index (κ3) is 5.44. The van der Waals surface area contributed by atoms with Crippen molar-refractivity contribution in [2.45, 2.75) is 58.3 Å². The van der Waals surface area contributed by atoms with Gasteiger partial charge in [0.2, 0.25) is 0 Å². The zero-order valence-corrected chi connectivity index (χ0v) is 13.4. The summed E-state index contributed by atoms with van der Waals surface area (Å²) in [5, 5.41) is 7.42. The predicted molar refractivity (Wildman–Crippen MR) is 76.5 cm³/mol. The van der Waals surface area contributed by atoms with Crippen molar-refractivity contribution in [1.82, 2.24) is 15.1 Å². The summed E-state index contributed by atoms with van der Waals surface area (Å²) in [5.74, 6) is 0. The summed E-state index contributed by atoms with van der Waals surface area (Å²) in [6.45, 7) is 5.40. The first-order valence-electron chi connectivity index (χ1n) is 6.90. The normalized spacial score (nSPS) is 13.7. The molecule has 1 unspecified atom stereocenters. The van der Waals surface area contributed by atoms with Gasteiger partial charge in [0.15, 0.2) is 0 Å². The summed E-state index contributed by atoms with van der Waals surface area (Å²) in [6.07, 6.45) is -1.48. The van der Waals surface area contributed by atoms with Crippen molar-refractivity contribution in [2.75, 3.05) is 6.54 Å². The van der Waals surface area contributed by atoms with Crippen LogP contribution in [0.3, 0.4) is 0 Å². The third-order valence-corrected chi connectivity index (χ3v) is 3.57. The van der Waals surface area contributed by atoms with Crippen LogP contribution in [0.25, 0.3) is 0 Å². The van der Waals surface area contributed by atoms with Gasteiger partial charge in [-0.25, -0.2) is 0 Å². The van der Waals surface area contributed by atoms with E-state index >= 15 is 0 Å². The van der Waals surface area contributed by atoms with Gasteiger partial charge in [0.05, 0.1) is 22.4 Å². The molecule has 1 aromatic heterocycles. The molecule has 1 rings (SSSR count). The fourth-order valence-corrected chi connectivity index (χ4v) is 2.64. The molecule has 0 aliphatic carbocycles. The molecule has 1 atom stereocenters. The Hall–Kier alpha value is -0.560. The maximum absolute atomic E-state index is 12.5. The van der Waals surface area contributed by atoms with E-state index in [2.05, 4.69) is 26.3 Å². The molecule has 1 heterocycles. The maximum Gasteiger partial charge on any atom is 0.389 e. The lowest BCUT2D eigenvalue weighted by Gasteiger charge is -2.21. The highest BCUT2D eigenvalue weighted by Crippen LogP contribution is 2.31. The maximum atomic E-state index is 12.5. The Balaban J connectivity index is 2.88. The molecule has 0 bridgehead atoms. The molecule has 1 aromatic rings. The molecule has 20 heavy (non-hydrogen) atoms. The second kappa shape index (κ2) is 8.02. The van der Waals surface area contributed by atoms with Crippen molar-refractivity contribution in [2.24, 2.45) is 0 Å². The van der Waals surface area contributed by atoms with Crippen LogP contribution in [-0.2, 0) is 6.54 Å². The van der Waals surface area contributed by atoms with Crippen LogP contribution in [0.15, 0.2) is 10.7 Å². The van der Waals surface area contributed by atoms with Crippen LogP contribution in [0.4, 0.5) is 13.2 Å². The Kier molecular flexibility index (Phi) is 7.02. The SMILES string of the molecule is CCCNC(CCC(F)(F)F)c1c(Br)cnn1CCC. The van der Waals surface area contributed by atoms with E-state index in [4.69, 9.17) is 0 Å². The van der Waals surface area contributed by atoms with Crippen molar-refractivity contribution >= 4 is 15.9 Å². The molecular weight excluding hydrogens is 335 g/mol. The molecule has 0 fully saturated rings. The number of nitrogens with zero attached hydrogens (tertiary/aromatic N) is 2. The Bertz CT molecular complexity index is 404. The standard InChI is InChI=1S/C13H21BrF3N3/c1-3-7-18-11(5-6-13(15,16)17)12-10(14)9-19-20(12)8-4-2/h9,11,18H,3-8H2,1-2H3. The van der Waals surface area contributed by atoms with E-state index in [1.807, 2.05) is 13.8 Å². The number of rotatable bonds is 8. The summed E-state index contributed by atoms with van der Waals surface area (Å²) >= 11 is 3.40. The first-order valence-corrected chi connectivity index (χ1v) is 7.69. The Morgan fingerprint density at radius 1 is 1.35 bits per heavy atom. The fourth-order valence-electron chi connectivity index (χ4n) is 2.07. The van der Waals surface area contributed by atoms with E-state index in [0.29, 0.717) is 13.1 Å². The topological polar surface area (TPSA) is 29.9 Å². The van der Waals surface area contributed by atoms with E-state index in [0.717, 1.165) is 23.0 Å². The molecular formula is C13H21BrF3N3. The van der Waals surface area contributed by atoms with Gasteiger partial charge in [0.1, 0.15) is 0 Å². The zero-order chi connectivity index (χ0) is 15.2. The lowest BCUT2D eigenvalue weighted by molar-refractivity contribution is -0.136. The van der Waals surface area contributed by atoms with Gasteiger partial charge in [-0.1, -0.05) is 13.8 Å². The molecule has 0 radical (unpaired) electrons. The summed E-state index contributed by atoms with van der Waals surface area (Å²) in [4.78, 5) is 0. The van der Waals surface area contributed by atoms with Gasteiger partial charge in [0, 0.05) is 13.0 Å². The lowest BCUT2D eigenvalue weighted by Crippen LogP contribution is -2.27. The van der Waals surface area contributed by atoms with Gasteiger partial charge in [-0.05, 0) is 41.7 Å². The van der Waals surface area contributed by atoms with Crippen molar-refractivity contribution in [3.63, 3.8) is 0 Å². The minimum atomic E-state index is -4.13. The largest absolute Gasteiger partial charge is 0.389 e. The summed E-state index contributed by atoms with van der Waals surface area (Å²) < 4.78 is 40.0. The lowest BCUT2D eigenvalue weighted by atomic mass is 10.1. The second-order valence-corrected chi connectivity index (χ2v) is 5.62. The van der Waals surface area contributed by atoms with Gasteiger partial charge in [-0.15, -0.1) is 0 Å². The fraction of sp³-hybridized carbons (Fsp3) is 0.769. The Morgan fingerprint density at radius 2 is 2.05 bits per heavy atom. The quantitative estimate of drug-likeness (QED) is 0.746. The molecule has 7 heteroatoms. The van der Waals surface area contributed by atoms with Crippen LogP contribution in [0.5, 0.6) is 0 Å². The third-order valence-electron chi connectivity index (χ3n) is 2.96. The average Bonchev–Trinajstić information content (AvgIpc) is 2.71. The van der Waals surface area contributed by atoms with E-state index in [1.54, 1.807) is 10.9 Å². The van der Waals surface area contributed by atoms with Crippen LogP contribution in [-0.4, -0.2) is 22.5 Å². The molecule has 1 N–H and O–H groups in total. The van der Waals surface area contributed by atoms with E-state index in [1.165, 1.54) is 0 Å². The smallest absolute Gasteiger partial charge is 0.309 e. The Morgan fingerprint density at radius 3 is 2.60 bits per heavy atom.